The highest BCUT2D eigenvalue weighted by atomic mass is 16.5. The Morgan fingerprint density at radius 1 is 1.26 bits per heavy atom. The second-order valence-electron chi connectivity index (χ2n) is 10.5. The van der Waals surface area contributed by atoms with Crippen LogP contribution < -0.4 is 4.74 Å². The quantitative estimate of drug-likeness (QED) is 0.655. The molecule has 0 aromatic carbocycles. The van der Waals surface area contributed by atoms with Crippen molar-refractivity contribution in [1.82, 2.24) is 14.8 Å². The molecule has 188 valence electrons. The van der Waals surface area contributed by atoms with Gasteiger partial charge >= 0.3 is 0 Å². The standard InChI is InChI=1S/C27H41N3O4/c1-19-15-30(20(2)18-31)27(32)24-13-23(22-7-5-4-6-8-22)14-28-26(24)34-25(19)17-29(3)16-21-9-11-33-12-10-21/h7,13-14,19-21,25,31H,4-6,8-12,15-18H2,1-3H3/t19-,20-,25+/m1/s1. The molecule has 3 aliphatic rings. The van der Waals surface area contributed by atoms with Gasteiger partial charge in [0.25, 0.3) is 5.91 Å². The molecule has 1 N–H and O–H groups in total. The minimum absolute atomic E-state index is 0.0682. The van der Waals surface area contributed by atoms with Crippen LogP contribution >= 0.6 is 0 Å². The Labute approximate surface area is 204 Å². The number of carbonyl (C=O) groups is 1. The van der Waals surface area contributed by atoms with E-state index in [1.807, 2.05) is 19.2 Å². The summed E-state index contributed by atoms with van der Waals surface area (Å²) in [6.45, 7) is 7.98. The molecule has 1 aliphatic carbocycles. The van der Waals surface area contributed by atoms with Crippen LogP contribution in [0.3, 0.4) is 0 Å². The van der Waals surface area contributed by atoms with Crippen molar-refractivity contribution in [1.29, 1.82) is 0 Å². The largest absolute Gasteiger partial charge is 0.472 e. The maximum atomic E-state index is 13.6. The van der Waals surface area contributed by atoms with Crippen LogP contribution in [0.15, 0.2) is 18.3 Å². The van der Waals surface area contributed by atoms with E-state index in [0.29, 0.717) is 23.9 Å². The second kappa shape index (κ2) is 11.6. The van der Waals surface area contributed by atoms with Crippen LogP contribution in [0.25, 0.3) is 5.57 Å². The number of allylic oxidation sites excluding steroid dienone is 2. The Morgan fingerprint density at radius 3 is 2.76 bits per heavy atom. The molecular formula is C27H41N3O4. The number of aliphatic hydroxyl groups is 1. The van der Waals surface area contributed by atoms with Gasteiger partial charge in [-0.25, -0.2) is 4.98 Å². The maximum Gasteiger partial charge on any atom is 0.259 e. The molecule has 7 heteroatoms. The van der Waals surface area contributed by atoms with E-state index in [0.717, 1.165) is 57.6 Å². The Kier molecular flexibility index (Phi) is 8.61. The van der Waals surface area contributed by atoms with Crippen LogP contribution in [-0.2, 0) is 4.74 Å². The number of pyridine rings is 1. The number of fused-ring (bicyclic) bond motifs is 1. The SMILES string of the molecule is C[C@@H]1CN([C@H](C)CO)C(=O)c2cc(C3=CCCCC3)cnc2O[C@H]1CN(C)CC1CCOCC1. The zero-order valence-electron chi connectivity index (χ0n) is 21.0. The van der Waals surface area contributed by atoms with Crippen LogP contribution in [0.4, 0.5) is 0 Å². The third-order valence-electron chi connectivity index (χ3n) is 7.59. The monoisotopic (exact) mass is 471 g/mol. The van der Waals surface area contributed by atoms with Crippen LogP contribution in [-0.4, -0.2) is 84.4 Å². The molecule has 4 rings (SSSR count). The average molecular weight is 472 g/mol. The summed E-state index contributed by atoms with van der Waals surface area (Å²) in [7, 11) is 2.15. The number of nitrogens with zero attached hydrogens (tertiary/aromatic N) is 3. The van der Waals surface area contributed by atoms with Gasteiger partial charge in [-0.3, -0.25) is 4.79 Å². The van der Waals surface area contributed by atoms with Crippen molar-refractivity contribution in [2.24, 2.45) is 11.8 Å². The maximum absolute atomic E-state index is 13.6. The third kappa shape index (κ3) is 5.99. The Hall–Kier alpha value is -1.96. The summed E-state index contributed by atoms with van der Waals surface area (Å²) >= 11 is 0. The number of rotatable bonds is 7. The Morgan fingerprint density at radius 2 is 2.06 bits per heavy atom. The van der Waals surface area contributed by atoms with E-state index in [9.17, 15) is 9.90 Å². The normalized spacial score (nSPS) is 25.3. The first-order chi connectivity index (χ1) is 16.5. The molecule has 3 atom stereocenters. The lowest BCUT2D eigenvalue weighted by molar-refractivity contribution is 0.0254. The summed E-state index contributed by atoms with van der Waals surface area (Å²) in [6.07, 6.45) is 10.7. The summed E-state index contributed by atoms with van der Waals surface area (Å²) in [5.74, 6) is 1.05. The highest BCUT2D eigenvalue weighted by Crippen LogP contribution is 2.32. The molecule has 1 fully saturated rings. The topological polar surface area (TPSA) is 75.1 Å². The highest BCUT2D eigenvalue weighted by molar-refractivity contribution is 5.97. The molecule has 0 radical (unpaired) electrons. The summed E-state index contributed by atoms with van der Waals surface area (Å²) in [4.78, 5) is 22.4. The molecule has 1 saturated heterocycles. The lowest BCUT2D eigenvalue weighted by Crippen LogP contribution is -2.50. The van der Waals surface area contributed by atoms with Crippen molar-refractivity contribution >= 4 is 11.5 Å². The first kappa shape index (κ1) is 25.1. The number of hydrogen-bond donors (Lipinski definition) is 1. The Bertz CT molecular complexity index is 867. The van der Waals surface area contributed by atoms with Gasteiger partial charge in [-0.1, -0.05) is 13.0 Å². The van der Waals surface area contributed by atoms with Crippen molar-refractivity contribution in [3.63, 3.8) is 0 Å². The minimum atomic E-state index is -0.265. The van der Waals surface area contributed by atoms with E-state index in [-0.39, 0.29) is 30.6 Å². The Balaban J connectivity index is 1.59. The molecule has 1 amide bonds. The number of carbonyl (C=O) groups excluding carboxylic acids is 1. The smallest absolute Gasteiger partial charge is 0.259 e. The summed E-state index contributed by atoms with van der Waals surface area (Å²) in [5.41, 5.74) is 2.78. The van der Waals surface area contributed by atoms with Crippen molar-refractivity contribution in [2.75, 3.05) is 46.5 Å². The van der Waals surface area contributed by atoms with Gasteiger partial charge in [0.15, 0.2) is 0 Å². The van der Waals surface area contributed by atoms with Crippen molar-refractivity contribution in [3.05, 3.63) is 29.5 Å². The van der Waals surface area contributed by atoms with Gasteiger partial charge in [-0.05, 0) is 75.6 Å². The van der Waals surface area contributed by atoms with Gasteiger partial charge in [-0.15, -0.1) is 0 Å². The molecule has 0 saturated carbocycles. The number of amides is 1. The molecule has 0 bridgehead atoms. The van der Waals surface area contributed by atoms with E-state index in [2.05, 4.69) is 29.9 Å². The van der Waals surface area contributed by atoms with E-state index in [1.165, 1.54) is 18.4 Å². The summed E-state index contributed by atoms with van der Waals surface area (Å²) < 4.78 is 12.0. The van der Waals surface area contributed by atoms with Crippen molar-refractivity contribution < 1.29 is 19.4 Å². The first-order valence-electron chi connectivity index (χ1n) is 13.0. The number of likely N-dealkylation sites (N-methyl/N-ethyl adjacent to an activating group) is 1. The van der Waals surface area contributed by atoms with Crippen molar-refractivity contribution in [2.45, 2.75) is 64.5 Å². The fourth-order valence-electron chi connectivity index (χ4n) is 5.35. The summed E-state index contributed by atoms with van der Waals surface area (Å²) in [5, 5.41) is 9.88. The fraction of sp³-hybridized carbons (Fsp3) is 0.704. The molecule has 1 aromatic rings. The molecular weight excluding hydrogens is 430 g/mol. The second-order valence-corrected chi connectivity index (χ2v) is 10.5. The van der Waals surface area contributed by atoms with Crippen LogP contribution in [0.5, 0.6) is 5.88 Å². The van der Waals surface area contributed by atoms with E-state index >= 15 is 0 Å². The molecule has 34 heavy (non-hydrogen) atoms. The van der Waals surface area contributed by atoms with Crippen LogP contribution in [0.1, 0.15) is 68.3 Å². The van der Waals surface area contributed by atoms with Gasteiger partial charge in [0.05, 0.1) is 12.6 Å². The zero-order chi connectivity index (χ0) is 24.1. The number of aromatic nitrogens is 1. The van der Waals surface area contributed by atoms with Crippen LogP contribution in [0, 0.1) is 11.8 Å². The number of ether oxygens (including phenoxy) is 2. The molecule has 7 nitrogen and oxygen atoms in total. The average Bonchev–Trinajstić information content (AvgIpc) is 2.86. The third-order valence-corrected chi connectivity index (χ3v) is 7.59. The predicted octanol–water partition coefficient (Wildman–Crippen LogP) is 3.62. The zero-order valence-corrected chi connectivity index (χ0v) is 21.0. The molecule has 3 heterocycles. The predicted molar refractivity (Wildman–Crippen MR) is 133 cm³/mol. The van der Waals surface area contributed by atoms with E-state index < -0.39 is 0 Å². The van der Waals surface area contributed by atoms with Gasteiger partial charge in [0.1, 0.15) is 11.7 Å². The minimum Gasteiger partial charge on any atom is -0.472 e. The molecule has 0 spiro atoms. The van der Waals surface area contributed by atoms with Gasteiger partial charge in [0, 0.05) is 45.0 Å². The highest BCUT2D eigenvalue weighted by Gasteiger charge is 2.34. The fourth-order valence-corrected chi connectivity index (χ4v) is 5.35. The van der Waals surface area contributed by atoms with E-state index in [1.54, 1.807) is 4.90 Å². The van der Waals surface area contributed by atoms with Gasteiger partial charge in [-0.2, -0.15) is 0 Å². The van der Waals surface area contributed by atoms with Gasteiger partial charge < -0.3 is 24.4 Å². The summed E-state index contributed by atoms with van der Waals surface area (Å²) in [6, 6.07) is 1.69. The van der Waals surface area contributed by atoms with E-state index in [4.69, 9.17) is 9.47 Å². The molecule has 0 unspecified atom stereocenters. The number of hydrogen-bond acceptors (Lipinski definition) is 6. The molecule has 2 aliphatic heterocycles. The molecule has 1 aromatic heterocycles. The van der Waals surface area contributed by atoms with Crippen LogP contribution in [0.2, 0.25) is 0 Å². The number of aliphatic hydroxyl groups excluding tert-OH is 1. The van der Waals surface area contributed by atoms with Crippen molar-refractivity contribution in [3.8, 4) is 5.88 Å². The lowest BCUT2D eigenvalue weighted by Gasteiger charge is -2.38. The first-order valence-corrected chi connectivity index (χ1v) is 13.0. The van der Waals surface area contributed by atoms with Gasteiger partial charge in [0.2, 0.25) is 5.88 Å². The lowest BCUT2D eigenvalue weighted by atomic mass is 9.93.